The molecule has 2 nitrogen and oxygen atoms in total. The van der Waals surface area contributed by atoms with E-state index in [2.05, 4.69) is 0 Å². The van der Waals surface area contributed by atoms with Crippen molar-refractivity contribution in [2.75, 3.05) is 0 Å². The third-order valence-electron chi connectivity index (χ3n) is 2.20. The lowest BCUT2D eigenvalue weighted by Crippen LogP contribution is -2.02. The summed E-state index contributed by atoms with van der Waals surface area (Å²) in [4.78, 5) is 0. The zero-order valence-corrected chi connectivity index (χ0v) is 8.71. The summed E-state index contributed by atoms with van der Waals surface area (Å²) in [6.45, 7) is 0. The van der Waals surface area contributed by atoms with Crippen LogP contribution in [0.1, 0.15) is 17.2 Å². The molecule has 0 aliphatic carbocycles. The van der Waals surface area contributed by atoms with Crippen molar-refractivity contribution in [3.8, 4) is 0 Å². The molecule has 1 N–H and O–H groups in total. The van der Waals surface area contributed by atoms with E-state index in [1.54, 1.807) is 0 Å². The van der Waals surface area contributed by atoms with Crippen molar-refractivity contribution in [2.24, 2.45) is 0 Å². The van der Waals surface area contributed by atoms with Gasteiger partial charge in [0, 0.05) is 17.2 Å². The molecule has 0 saturated carbocycles. The first kappa shape index (κ1) is 11.1. The monoisotopic (exact) mass is 244 g/mol. The quantitative estimate of drug-likeness (QED) is 0.879. The Kier molecular flexibility index (Phi) is 2.94. The smallest absolute Gasteiger partial charge is 0.199 e. The fraction of sp³-hybridized carbons (Fsp3) is 0.0909. The Bertz CT molecular complexity index is 510. The number of halogens is 3. The van der Waals surface area contributed by atoms with Crippen LogP contribution in [0.4, 0.5) is 8.78 Å². The summed E-state index contributed by atoms with van der Waals surface area (Å²) in [7, 11) is 0. The second kappa shape index (κ2) is 4.23. The molecule has 1 aromatic carbocycles. The lowest BCUT2D eigenvalue weighted by molar-refractivity contribution is 0.214. The molecular weight excluding hydrogens is 238 g/mol. The van der Waals surface area contributed by atoms with Gasteiger partial charge in [-0.1, -0.05) is 6.07 Å². The summed E-state index contributed by atoms with van der Waals surface area (Å²) >= 11 is 5.64. The van der Waals surface area contributed by atoms with E-state index >= 15 is 0 Å². The molecule has 0 aliphatic heterocycles. The minimum atomic E-state index is -1.27. The summed E-state index contributed by atoms with van der Waals surface area (Å²) < 4.78 is 30.8. The van der Waals surface area contributed by atoms with E-state index in [9.17, 15) is 13.9 Å². The zero-order valence-electron chi connectivity index (χ0n) is 7.95. The van der Waals surface area contributed by atoms with Crippen LogP contribution >= 0.6 is 11.6 Å². The molecule has 84 valence electrons. The molecule has 0 aliphatic rings. The van der Waals surface area contributed by atoms with Gasteiger partial charge in [-0.25, -0.2) is 8.78 Å². The van der Waals surface area contributed by atoms with Gasteiger partial charge >= 0.3 is 0 Å². The Morgan fingerprint density at radius 2 is 1.94 bits per heavy atom. The van der Waals surface area contributed by atoms with Gasteiger partial charge in [0.2, 0.25) is 0 Å². The summed E-state index contributed by atoms with van der Waals surface area (Å²) in [5.41, 5.74) is 0.192. The molecule has 2 rings (SSSR count). The fourth-order valence-electron chi connectivity index (χ4n) is 1.39. The highest BCUT2D eigenvalue weighted by atomic mass is 35.5. The fourth-order valence-corrected chi connectivity index (χ4v) is 1.61. The van der Waals surface area contributed by atoms with Crippen LogP contribution in [0, 0.1) is 11.6 Å². The molecular formula is C11H7ClF2O2. The summed E-state index contributed by atoms with van der Waals surface area (Å²) in [6.07, 6.45) is 0.00864. The molecule has 2 aromatic rings. The Morgan fingerprint density at radius 3 is 2.50 bits per heavy atom. The maximum Gasteiger partial charge on any atom is 0.199 e. The van der Waals surface area contributed by atoms with Crippen molar-refractivity contribution in [3.63, 3.8) is 0 Å². The second-order valence-corrected chi connectivity index (χ2v) is 3.56. The molecule has 1 atom stereocenters. The van der Waals surface area contributed by atoms with E-state index in [1.807, 2.05) is 0 Å². The number of rotatable bonds is 2. The number of furan rings is 1. The molecule has 5 heteroatoms. The van der Waals surface area contributed by atoms with E-state index in [0.29, 0.717) is 6.07 Å². The normalized spacial score (nSPS) is 12.8. The van der Waals surface area contributed by atoms with Crippen LogP contribution in [-0.4, -0.2) is 5.11 Å². The Hall–Kier alpha value is -1.39. The van der Waals surface area contributed by atoms with Gasteiger partial charge < -0.3 is 9.52 Å². The predicted molar refractivity (Wildman–Crippen MR) is 54.1 cm³/mol. The Balaban J connectivity index is 2.41. The van der Waals surface area contributed by atoms with E-state index in [4.69, 9.17) is 16.0 Å². The maximum atomic E-state index is 13.4. The molecule has 0 fully saturated rings. The van der Waals surface area contributed by atoms with Crippen LogP contribution in [0.25, 0.3) is 0 Å². The van der Waals surface area contributed by atoms with Crippen LogP contribution in [0.2, 0.25) is 5.22 Å². The molecule has 0 radical (unpaired) electrons. The predicted octanol–water partition coefficient (Wildman–Crippen LogP) is 3.29. The molecule has 0 amide bonds. The zero-order chi connectivity index (χ0) is 11.7. The standard InChI is InChI=1S/C11H7ClF2O2/c12-11-8(3-4-16-11)10(15)7-2-1-6(13)5-9(7)14/h1-5,10,15H. The van der Waals surface area contributed by atoms with E-state index in [0.717, 1.165) is 6.07 Å². The molecule has 1 heterocycles. The Morgan fingerprint density at radius 1 is 1.19 bits per heavy atom. The molecule has 16 heavy (non-hydrogen) atoms. The van der Waals surface area contributed by atoms with Gasteiger partial charge in [-0.2, -0.15) is 0 Å². The van der Waals surface area contributed by atoms with Gasteiger partial charge in [-0.3, -0.25) is 0 Å². The summed E-state index contributed by atoms with van der Waals surface area (Å²) in [5.74, 6) is -1.53. The molecule has 1 unspecified atom stereocenters. The average molecular weight is 245 g/mol. The lowest BCUT2D eigenvalue weighted by atomic mass is 10.0. The third-order valence-corrected chi connectivity index (χ3v) is 2.51. The van der Waals surface area contributed by atoms with Gasteiger partial charge in [0.05, 0.1) is 6.26 Å². The Labute approximate surface area is 95.1 Å². The van der Waals surface area contributed by atoms with Crippen molar-refractivity contribution >= 4 is 11.6 Å². The van der Waals surface area contributed by atoms with Gasteiger partial charge in [-0.05, 0) is 23.7 Å². The van der Waals surface area contributed by atoms with Gasteiger partial charge in [-0.15, -0.1) is 0 Å². The highest BCUT2D eigenvalue weighted by molar-refractivity contribution is 6.29. The number of hydrogen-bond donors (Lipinski definition) is 1. The highest BCUT2D eigenvalue weighted by Gasteiger charge is 2.19. The van der Waals surface area contributed by atoms with Crippen molar-refractivity contribution in [2.45, 2.75) is 6.10 Å². The molecule has 0 saturated heterocycles. The topological polar surface area (TPSA) is 33.4 Å². The van der Waals surface area contributed by atoms with Crippen LogP contribution in [0.3, 0.4) is 0 Å². The van der Waals surface area contributed by atoms with Gasteiger partial charge in [0.15, 0.2) is 5.22 Å². The van der Waals surface area contributed by atoms with Crippen molar-refractivity contribution in [3.05, 3.63) is 58.5 Å². The van der Waals surface area contributed by atoms with Crippen LogP contribution < -0.4 is 0 Å². The first-order valence-corrected chi connectivity index (χ1v) is 4.83. The minimum Gasteiger partial charge on any atom is -0.453 e. The van der Waals surface area contributed by atoms with Crippen LogP contribution in [0.5, 0.6) is 0 Å². The second-order valence-electron chi connectivity index (χ2n) is 3.22. The molecule has 1 aromatic heterocycles. The highest BCUT2D eigenvalue weighted by Crippen LogP contribution is 2.30. The lowest BCUT2D eigenvalue weighted by Gasteiger charge is -2.10. The average Bonchev–Trinajstić information content (AvgIpc) is 2.63. The number of benzene rings is 1. The van der Waals surface area contributed by atoms with E-state index in [1.165, 1.54) is 18.4 Å². The number of hydrogen-bond acceptors (Lipinski definition) is 2. The van der Waals surface area contributed by atoms with Crippen molar-refractivity contribution in [1.82, 2.24) is 0 Å². The molecule has 0 bridgehead atoms. The van der Waals surface area contributed by atoms with E-state index in [-0.39, 0.29) is 16.3 Å². The first-order valence-electron chi connectivity index (χ1n) is 4.45. The van der Waals surface area contributed by atoms with Gasteiger partial charge in [0.25, 0.3) is 0 Å². The van der Waals surface area contributed by atoms with Gasteiger partial charge in [0.1, 0.15) is 17.7 Å². The SMILES string of the molecule is OC(c1ccc(F)cc1F)c1ccoc1Cl. The summed E-state index contributed by atoms with van der Waals surface area (Å²) in [5, 5.41) is 9.81. The number of aliphatic hydroxyl groups excluding tert-OH is 1. The first-order chi connectivity index (χ1) is 7.59. The maximum absolute atomic E-state index is 13.4. The summed E-state index contributed by atoms with van der Waals surface area (Å²) in [6, 6.07) is 4.36. The largest absolute Gasteiger partial charge is 0.453 e. The van der Waals surface area contributed by atoms with Crippen molar-refractivity contribution in [1.29, 1.82) is 0 Å². The van der Waals surface area contributed by atoms with Crippen LogP contribution in [-0.2, 0) is 0 Å². The van der Waals surface area contributed by atoms with Crippen molar-refractivity contribution < 1.29 is 18.3 Å². The van der Waals surface area contributed by atoms with Crippen LogP contribution in [0.15, 0.2) is 34.9 Å². The third kappa shape index (κ3) is 1.94. The minimum absolute atomic E-state index is 0.0174. The van der Waals surface area contributed by atoms with E-state index < -0.39 is 17.7 Å². The number of aliphatic hydroxyl groups is 1. The molecule has 0 spiro atoms.